The molecule has 0 aliphatic carbocycles. The second-order valence-electron chi connectivity index (χ2n) is 3.98. The fourth-order valence-electron chi connectivity index (χ4n) is 1.53. The fraction of sp³-hybridized carbons (Fsp3) is 0.500. The molecule has 0 aliphatic rings. The lowest BCUT2D eigenvalue weighted by Crippen LogP contribution is -2.13. The molecule has 1 rings (SSSR count). The number of benzene rings is 1. The van der Waals surface area contributed by atoms with Crippen molar-refractivity contribution in [3.05, 3.63) is 35.1 Å². The molecule has 0 saturated heterocycles. The normalized spacial score (nSPS) is 10.9. The molecule has 0 amide bonds. The van der Waals surface area contributed by atoms with E-state index in [0.29, 0.717) is 0 Å². The zero-order chi connectivity index (χ0) is 10.6. The second kappa shape index (κ2) is 5.11. The standard InChI is InChI=1S/C12H18FN/c1-10-9-12(13)7-6-11(10)5-4-8-14(2)3/h6-7,9H,4-5,8H2,1-3H3. The molecular formula is C12H18FN. The number of hydrogen-bond donors (Lipinski definition) is 0. The Morgan fingerprint density at radius 1 is 1.29 bits per heavy atom. The minimum absolute atomic E-state index is 0.140. The first-order chi connectivity index (χ1) is 6.59. The highest BCUT2D eigenvalue weighted by Crippen LogP contribution is 2.12. The Labute approximate surface area is 85.5 Å². The lowest BCUT2D eigenvalue weighted by molar-refractivity contribution is 0.400. The highest BCUT2D eigenvalue weighted by Gasteiger charge is 2.00. The van der Waals surface area contributed by atoms with Crippen molar-refractivity contribution in [2.75, 3.05) is 20.6 Å². The Kier molecular flexibility index (Phi) is 4.08. The maximum Gasteiger partial charge on any atom is 0.123 e. The van der Waals surface area contributed by atoms with Crippen molar-refractivity contribution in [3.63, 3.8) is 0 Å². The van der Waals surface area contributed by atoms with Crippen LogP contribution < -0.4 is 0 Å². The summed E-state index contributed by atoms with van der Waals surface area (Å²) in [5.74, 6) is -0.140. The monoisotopic (exact) mass is 195 g/mol. The van der Waals surface area contributed by atoms with Gasteiger partial charge >= 0.3 is 0 Å². The Morgan fingerprint density at radius 2 is 2.00 bits per heavy atom. The lowest BCUT2D eigenvalue weighted by atomic mass is 10.0. The molecule has 0 atom stereocenters. The van der Waals surface area contributed by atoms with E-state index in [1.165, 1.54) is 11.6 Å². The number of aryl methyl sites for hydroxylation is 2. The van der Waals surface area contributed by atoms with E-state index in [4.69, 9.17) is 0 Å². The molecular weight excluding hydrogens is 177 g/mol. The molecule has 0 aliphatic heterocycles. The average molecular weight is 195 g/mol. The van der Waals surface area contributed by atoms with Gasteiger partial charge in [0.05, 0.1) is 0 Å². The van der Waals surface area contributed by atoms with Gasteiger partial charge in [0, 0.05) is 0 Å². The van der Waals surface area contributed by atoms with Crippen LogP contribution in [-0.2, 0) is 6.42 Å². The van der Waals surface area contributed by atoms with E-state index in [-0.39, 0.29) is 5.82 Å². The smallest absolute Gasteiger partial charge is 0.123 e. The fourth-order valence-corrected chi connectivity index (χ4v) is 1.53. The Morgan fingerprint density at radius 3 is 2.57 bits per heavy atom. The predicted molar refractivity (Wildman–Crippen MR) is 58.0 cm³/mol. The van der Waals surface area contributed by atoms with Crippen molar-refractivity contribution in [2.45, 2.75) is 19.8 Å². The van der Waals surface area contributed by atoms with Crippen molar-refractivity contribution in [1.82, 2.24) is 4.90 Å². The third kappa shape index (κ3) is 3.46. The van der Waals surface area contributed by atoms with E-state index in [1.54, 1.807) is 6.07 Å². The van der Waals surface area contributed by atoms with Crippen molar-refractivity contribution in [1.29, 1.82) is 0 Å². The molecule has 2 heteroatoms. The van der Waals surface area contributed by atoms with Gasteiger partial charge in [0.1, 0.15) is 5.82 Å². The van der Waals surface area contributed by atoms with Gasteiger partial charge in [0.25, 0.3) is 0 Å². The van der Waals surface area contributed by atoms with Crippen LogP contribution in [0.1, 0.15) is 17.5 Å². The molecule has 78 valence electrons. The van der Waals surface area contributed by atoms with Crippen LogP contribution in [0.2, 0.25) is 0 Å². The van der Waals surface area contributed by atoms with Gasteiger partial charge < -0.3 is 4.90 Å². The van der Waals surface area contributed by atoms with Gasteiger partial charge in [-0.15, -0.1) is 0 Å². The highest BCUT2D eigenvalue weighted by molar-refractivity contribution is 5.26. The van der Waals surface area contributed by atoms with Gasteiger partial charge in [-0.1, -0.05) is 6.07 Å². The van der Waals surface area contributed by atoms with Crippen molar-refractivity contribution >= 4 is 0 Å². The predicted octanol–water partition coefficient (Wildman–Crippen LogP) is 2.63. The molecule has 1 aromatic carbocycles. The van der Waals surface area contributed by atoms with Crippen LogP contribution in [-0.4, -0.2) is 25.5 Å². The zero-order valence-corrected chi connectivity index (χ0v) is 9.18. The molecule has 0 saturated carbocycles. The average Bonchev–Trinajstić information content (AvgIpc) is 2.08. The summed E-state index contributed by atoms with van der Waals surface area (Å²) < 4.78 is 12.8. The Bertz CT molecular complexity index is 294. The van der Waals surface area contributed by atoms with Gasteiger partial charge in [-0.2, -0.15) is 0 Å². The molecule has 0 bridgehead atoms. The molecule has 0 aromatic heterocycles. The minimum Gasteiger partial charge on any atom is -0.309 e. The van der Waals surface area contributed by atoms with Gasteiger partial charge in [0.2, 0.25) is 0 Å². The summed E-state index contributed by atoms with van der Waals surface area (Å²) in [4.78, 5) is 2.17. The summed E-state index contributed by atoms with van der Waals surface area (Å²) in [6.45, 7) is 3.05. The summed E-state index contributed by atoms with van der Waals surface area (Å²) in [5, 5.41) is 0. The summed E-state index contributed by atoms with van der Waals surface area (Å²) in [6, 6.07) is 5.03. The van der Waals surface area contributed by atoms with Gasteiger partial charge in [0.15, 0.2) is 0 Å². The maximum atomic E-state index is 12.8. The summed E-state index contributed by atoms with van der Waals surface area (Å²) in [5.41, 5.74) is 2.32. The molecule has 1 aromatic rings. The molecule has 0 radical (unpaired) electrons. The van der Waals surface area contributed by atoms with Gasteiger partial charge in [-0.05, 0) is 63.7 Å². The number of hydrogen-bond acceptors (Lipinski definition) is 1. The third-order valence-electron chi connectivity index (χ3n) is 2.36. The maximum absolute atomic E-state index is 12.8. The molecule has 0 N–H and O–H groups in total. The first-order valence-corrected chi connectivity index (χ1v) is 4.99. The first-order valence-electron chi connectivity index (χ1n) is 4.99. The first kappa shape index (κ1) is 11.2. The SMILES string of the molecule is Cc1cc(F)ccc1CCCN(C)C. The van der Waals surface area contributed by atoms with Crippen LogP contribution in [0.4, 0.5) is 4.39 Å². The molecule has 0 spiro atoms. The Balaban J connectivity index is 2.51. The van der Waals surface area contributed by atoms with Crippen molar-refractivity contribution in [2.24, 2.45) is 0 Å². The minimum atomic E-state index is -0.140. The molecule has 0 unspecified atom stereocenters. The van der Waals surface area contributed by atoms with Crippen LogP contribution in [0.3, 0.4) is 0 Å². The van der Waals surface area contributed by atoms with Crippen LogP contribution in [0.5, 0.6) is 0 Å². The molecule has 0 fully saturated rings. The van der Waals surface area contributed by atoms with Crippen LogP contribution in [0.15, 0.2) is 18.2 Å². The van der Waals surface area contributed by atoms with Crippen molar-refractivity contribution < 1.29 is 4.39 Å². The largest absolute Gasteiger partial charge is 0.309 e. The van der Waals surface area contributed by atoms with E-state index in [2.05, 4.69) is 19.0 Å². The van der Waals surface area contributed by atoms with Crippen molar-refractivity contribution in [3.8, 4) is 0 Å². The topological polar surface area (TPSA) is 3.24 Å². The third-order valence-corrected chi connectivity index (χ3v) is 2.36. The van der Waals surface area contributed by atoms with E-state index in [1.807, 2.05) is 13.0 Å². The van der Waals surface area contributed by atoms with E-state index < -0.39 is 0 Å². The van der Waals surface area contributed by atoms with Gasteiger partial charge in [-0.25, -0.2) is 4.39 Å². The Hall–Kier alpha value is -0.890. The van der Waals surface area contributed by atoms with Crippen LogP contribution in [0, 0.1) is 12.7 Å². The summed E-state index contributed by atoms with van der Waals surface area (Å²) >= 11 is 0. The highest BCUT2D eigenvalue weighted by atomic mass is 19.1. The zero-order valence-electron chi connectivity index (χ0n) is 9.18. The molecule has 0 heterocycles. The number of nitrogens with zero attached hydrogens (tertiary/aromatic N) is 1. The van der Waals surface area contributed by atoms with Crippen LogP contribution >= 0.6 is 0 Å². The molecule has 14 heavy (non-hydrogen) atoms. The summed E-state index contributed by atoms with van der Waals surface area (Å²) in [7, 11) is 4.13. The second-order valence-corrected chi connectivity index (χ2v) is 3.98. The van der Waals surface area contributed by atoms with Crippen LogP contribution in [0.25, 0.3) is 0 Å². The lowest BCUT2D eigenvalue weighted by Gasteiger charge is -2.10. The van der Waals surface area contributed by atoms with E-state index >= 15 is 0 Å². The summed E-state index contributed by atoms with van der Waals surface area (Å²) in [6.07, 6.45) is 2.16. The van der Waals surface area contributed by atoms with Gasteiger partial charge in [-0.3, -0.25) is 0 Å². The number of halogens is 1. The van der Waals surface area contributed by atoms with E-state index in [9.17, 15) is 4.39 Å². The number of rotatable bonds is 4. The van der Waals surface area contributed by atoms with E-state index in [0.717, 1.165) is 24.9 Å². The molecule has 1 nitrogen and oxygen atoms in total. The quantitative estimate of drug-likeness (QED) is 0.714.